The van der Waals surface area contributed by atoms with Gasteiger partial charge in [-0.15, -0.1) is 22.7 Å². The summed E-state index contributed by atoms with van der Waals surface area (Å²) < 4.78 is 0. The van der Waals surface area contributed by atoms with E-state index < -0.39 is 0 Å². The van der Waals surface area contributed by atoms with Crippen molar-refractivity contribution in [3.63, 3.8) is 0 Å². The van der Waals surface area contributed by atoms with E-state index in [1.165, 1.54) is 4.90 Å². The summed E-state index contributed by atoms with van der Waals surface area (Å²) in [6.45, 7) is 0.428. The summed E-state index contributed by atoms with van der Waals surface area (Å²) in [5, 5.41) is 7.79. The lowest BCUT2D eigenvalue weighted by molar-refractivity contribution is -0.120. The van der Waals surface area contributed by atoms with Gasteiger partial charge in [-0.05, 0) is 29.1 Å². The molecule has 3 aromatic rings. The van der Waals surface area contributed by atoms with Crippen LogP contribution >= 0.6 is 22.7 Å². The Morgan fingerprint density at radius 3 is 2.54 bits per heavy atom. The van der Waals surface area contributed by atoms with Gasteiger partial charge in [-0.3, -0.25) is 9.59 Å². The van der Waals surface area contributed by atoms with Crippen LogP contribution in [0, 0.1) is 0 Å². The molecule has 0 saturated carbocycles. The third-order valence-corrected chi connectivity index (χ3v) is 5.65. The molecule has 1 aromatic carbocycles. The minimum Gasteiger partial charge on any atom is -0.352 e. The Kier molecular flexibility index (Phi) is 5.80. The highest BCUT2D eigenvalue weighted by atomic mass is 32.1. The quantitative estimate of drug-likeness (QED) is 0.707. The van der Waals surface area contributed by atoms with E-state index in [0.29, 0.717) is 12.1 Å². The molecule has 26 heavy (non-hydrogen) atoms. The van der Waals surface area contributed by atoms with Crippen molar-refractivity contribution in [1.82, 2.24) is 15.2 Å². The molecular formula is C19H19N3O2S2. The number of hydrogen-bond acceptors (Lipinski definition) is 5. The molecule has 0 fully saturated rings. The van der Waals surface area contributed by atoms with Crippen molar-refractivity contribution in [1.29, 1.82) is 0 Å². The summed E-state index contributed by atoms with van der Waals surface area (Å²) in [6, 6.07) is 11.3. The van der Waals surface area contributed by atoms with Crippen LogP contribution in [0.2, 0.25) is 0 Å². The Morgan fingerprint density at radius 1 is 1.12 bits per heavy atom. The number of rotatable bonds is 6. The van der Waals surface area contributed by atoms with E-state index in [1.54, 1.807) is 48.9 Å². The summed E-state index contributed by atoms with van der Waals surface area (Å²) >= 11 is 3.19. The lowest BCUT2D eigenvalue weighted by atomic mass is 10.1. The molecule has 0 aliphatic rings. The van der Waals surface area contributed by atoms with Crippen LogP contribution in [0.25, 0.3) is 9.88 Å². The van der Waals surface area contributed by atoms with Crippen molar-refractivity contribution in [2.24, 2.45) is 0 Å². The van der Waals surface area contributed by atoms with Crippen LogP contribution in [0.4, 0.5) is 0 Å². The van der Waals surface area contributed by atoms with Gasteiger partial charge in [0, 0.05) is 31.6 Å². The van der Waals surface area contributed by atoms with Crippen molar-refractivity contribution in [3.05, 3.63) is 64.0 Å². The van der Waals surface area contributed by atoms with E-state index in [-0.39, 0.29) is 18.2 Å². The standard InChI is InChI=1S/C19H19N3O2S2/c1-22(2)19(24)14-7-5-13(6-8-14)11-20-17(23)10-15-12-26-18(21-15)16-4-3-9-25-16/h3-9,12H,10-11H2,1-2H3,(H,20,23). The number of aromatic nitrogens is 1. The molecule has 5 nitrogen and oxygen atoms in total. The molecule has 0 unspecified atom stereocenters. The van der Waals surface area contributed by atoms with Crippen LogP contribution in [-0.2, 0) is 17.8 Å². The third kappa shape index (κ3) is 4.56. The first-order chi connectivity index (χ1) is 12.5. The van der Waals surface area contributed by atoms with Gasteiger partial charge in [-0.2, -0.15) is 0 Å². The van der Waals surface area contributed by atoms with Gasteiger partial charge in [0.1, 0.15) is 5.01 Å². The topological polar surface area (TPSA) is 62.3 Å². The van der Waals surface area contributed by atoms with Crippen LogP contribution in [-0.4, -0.2) is 35.8 Å². The molecular weight excluding hydrogens is 366 g/mol. The molecule has 0 saturated heterocycles. The predicted molar refractivity (Wildman–Crippen MR) is 105 cm³/mol. The van der Waals surface area contributed by atoms with E-state index in [0.717, 1.165) is 21.1 Å². The van der Waals surface area contributed by atoms with Gasteiger partial charge in [0.25, 0.3) is 5.91 Å². The molecule has 2 heterocycles. The van der Waals surface area contributed by atoms with Crippen molar-refractivity contribution in [2.75, 3.05) is 14.1 Å². The molecule has 0 radical (unpaired) electrons. The molecule has 2 aromatic heterocycles. The first-order valence-electron chi connectivity index (χ1n) is 8.08. The summed E-state index contributed by atoms with van der Waals surface area (Å²) in [6.07, 6.45) is 0.263. The number of thiazole rings is 1. The average Bonchev–Trinajstić information content (AvgIpc) is 3.31. The lowest BCUT2D eigenvalue weighted by Crippen LogP contribution is -2.25. The summed E-state index contributed by atoms with van der Waals surface area (Å²) in [5.74, 6) is -0.105. The Morgan fingerprint density at radius 2 is 1.88 bits per heavy atom. The minimum absolute atomic E-state index is 0.0364. The van der Waals surface area contributed by atoms with Crippen LogP contribution in [0.15, 0.2) is 47.2 Å². The van der Waals surface area contributed by atoms with Gasteiger partial charge in [0.15, 0.2) is 0 Å². The largest absolute Gasteiger partial charge is 0.352 e. The highest BCUT2D eigenvalue weighted by Gasteiger charge is 2.10. The second-order valence-electron chi connectivity index (χ2n) is 5.97. The van der Waals surface area contributed by atoms with Gasteiger partial charge in [0.2, 0.25) is 5.91 Å². The SMILES string of the molecule is CN(C)C(=O)c1ccc(CNC(=O)Cc2csc(-c3cccs3)n2)cc1. The maximum Gasteiger partial charge on any atom is 0.253 e. The van der Waals surface area contributed by atoms with E-state index in [9.17, 15) is 9.59 Å². The molecule has 1 N–H and O–H groups in total. The zero-order chi connectivity index (χ0) is 18.5. The second kappa shape index (κ2) is 8.25. The fourth-order valence-electron chi connectivity index (χ4n) is 2.35. The Bertz CT molecular complexity index is 884. The van der Waals surface area contributed by atoms with Crippen LogP contribution in [0.1, 0.15) is 21.6 Å². The minimum atomic E-state index is -0.0681. The summed E-state index contributed by atoms with van der Waals surface area (Å²) in [4.78, 5) is 31.2. The van der Waals surface area contributed by atoms with Crippen LogP contribution in [0.3, 0.4) is 0 Å². The second-order valence-corrected chi connectivity index (χ2v) is 7.78. The van der Waals surface area contributed by atoms with Gasteiger partial charge in [-0.25, -0.2) is 4.98 Å². The Labute approximate surface area is 160 Å². The first kappa shape index (κ1) is 18.3. The maximum atomic E-state index is 12.1. The summed E-state index contributed by atoms with van der Waals surface area (Å²) in [7, 11) is 3.44. The smallest absolute Gasteiger partial charge is 0.253 e. The van der Waals surface area contributed by atoms with Crippen molar-refractivity contribution in [2.45, 2.75) is 13.0 Å². The third-order valence-electron chi connectivity index (χ3n) is 3.72. The Hall–Kier alpha value is -2.51. The molecule has 3 rings (SSSR count). The molecule has 0 spiro atoms. The number of hydrogen-bond donors (Lipinski definition) is 1. The fourth-order valence-corrected chi connectivity index (χ4v) is 3.99. The molecule has 0 bridgehead atoms. The highest BCUT2D eigenvalue weighted by Crippen LogP contribution is 2.27. The van der Waals surface area contributed by atoms with E-state index in [2.05, 4.69) is 10.3 Å². The molecule has 7 heteroatoms. The zero-order valence-electron chi connectivity index (χ0n) is 14.6. The van der Waals surface area contributed by atoms with Crippen LogP contribution < -0.4 is 5.32 Å². The molecule has 0 aliphatic heterocycles. The van der Waals surface area contributed by atoms with Crippen molar-refractivity contribution >= 4 is 34.5 Å². The molecule has 0 aliphatic carbocycles. The van der Waals surface area contributed by atoms with Gasteiger partial charge in [-0.1, -0.05) is 18.2 Å². The van der Waals surface area contributed by atoms with E-state index in [1.807, 2.05) is 35.0 Å². The number of benzene rings is 1. The van der Waals surface area contributed by atoms with Crippen molar-refractivity contribution < 1.29 is 9.59 Å². The van der Waals surface area contributed by atoms with Gasteiger partial charge >= 0.3 is 0 Å². The Balaban J connectivity index is 1.52. The lowest BCUT2D eigenvalue weighted by Gasteiger charge is -2.10. The number of amides is 2. The zero-order valence-corrected chi connectivity index (χ0v) is 16.2. The monoisotopic (exact) mass is 385 g/mol. The average molecular weight is 386 g/mol. The van der Waals surface area contributed by atoms with Gasteiger partial charge < -0.3 is 10.2 Å². The van der Waals surface area contributed by atoms with Gasteiger partial charge in [0.05, 0.1) is 17.0 Å². The van der Waals surface area contributed by atoms with Crippen LogP contribution in [0.5, 0.6) is 0 Å². The normalized spacial score (nSPS) is 10.5. The highest BCUT2D eigenvalue weighted by molar-refractivity contribution is 7.20. The molecule has 134 valence electrons. The molecule has 2 amide bonds. The number of nitrogens with zero attached hydrogens (tertiary/aromatic N) is 2. The number of thiophene rings is 1. The predicted octanol–water partition coefficient (Wildman–Crippen LogP) is 3.43. The van der Waals surface area contributed by atoms with E-state index >= 15 is 0 Å². The van der Waals surface area contributed by atoms with E-state index in [4.69, 9.17) is 0 Å². The number of nitrogens with one attached hydrogen (secondary N) is 1. The summed E-state index contributed by atoms with van der Waals surface area (Å²) in [5.41, 5.74) is 2.36. The number of carbonyl (C=O) groups is 2. The molecule has 0 atom stereocenters. The number of carbonyl (C=O) groups excluding carboxylic acids is 2. The first-order valence-corrected chi connectivity index (χ1v) is 9.84. The van der Waals surface area contributed by atoms with Crippen molar-refractivity contribution in [3.8, 4) is 9.88 Å². The maximum absolute atomic E-state index is 12.1. The fraction of sp³-hybridized carbons (Fsp3) is 0.211.